The van der Waals surface area contributed by atoms with Crippen molar-refractivity contribution in [2.75, 3.05) is 7.11 Å². The van der Waals surface area contributed by atoms with Gasteiger partial charge in [0.2, 0.25) is 0 Å². The van der Waals surface area contributed by atoms with Crippen LogP contribution in [-0.2, 0) is 6.42 Å². The molecule has 0 aliphatic rings. The maximum absolute atomic E-state index is 9.19. The molecule has 0 aromatic carbocycles. The summed E-state index contributed by atoms with van der Waals surface area (Å²) in [6.45, 7) is 1.73. The number of hydrogen-bond acceptors (Lipinski definition) is 3. The van der Waals surface area contributed by atoms with Gasteiger partial charge in [0, 0.05) is 17.1 Å². The van der Waals surface area contributed by atoms with Crippen LogP contribution < -0.4 is 4.74 Å². The zero-order valence-corrected chi connectivity index (χ0v) is 9.21. The van der Waals surface area contributed by atoms with Crippen LogP contribution in [0.2, 0.25) is 0 Å². The number of aliphatic hydroxyl groups excluding tert-OH is 1. The highest BCUT2D eigenvalue weighted by Gasteiger charge is 2.07. The lowest BCUT2D eigenvalue weighted by Crippen LogP contribution is -2.07. The number of aliphatic hydroxyl groups is 1. The first kappa shape index (κ1) is 10.5. The number of hydrogen-bond donors (Lipinski definition) is 1. The lowest BCUT2D eigenvalue weighted by molar-refractivity contribution is 0.192. The molecular weight excluding hydrogens is 234 g/mol. The van der Waals surface area contributed by atoms with Gasteiger partial charge in [0.15, 0.2) is 0 Å². The highest BCUT2D eigenvalue weighted by molar-refractivity contribution is 9.10. The number of nitrogens with zero attached hydrogens (tertiary/aromatic N) is 1. The van der Waals surface area contributed by atoms with Gasteiger partial charge < -0.3 is 9.84 Å². The van der Waals surface area contributed by atoms with Crippen molar-refractivity contribution in [2.24, 2.45) is 0 Å². The van der Waals surface area contributed by atoms with Gasteiger partial charge in [0.05, 0.1) is 18.9 Å². The van der Waals surface area contributed by atoms with Crippen molar-refractivity contribution in [1.29, 1.82) is 0 Å². The topological polar surface area (TPSA) is 42.4 Å². The average molecular weight is 246 g/mol. The molecule has 72 valence electrons. The van der Waals surface area contributed by atoms with Crippen LogP contribution in [0.5, 0.6) is 5.75 Å². The molecule has 1 N–H and O–H groups in total. The standard InChI is InChI=1S/C9H12BrNO2/c1-6(12)3-8-9(13-2)4-7(10)5-11-8/h4-6,12H,3H2,1-2H3. The number of pyridine rings is 1. The van der Waals surface area contributed by atoms with Gasteiger partial charge in [-0.2, -0.15) is 0 Å². The molecule has 0 amide bonds. The van der Waals surface area contributed by atoms with Gasteiger partial charge in [0.1, 0.15) is 5.75 Å². The molecule has 4 heteroatoms. The molecule has 0 saturated heterocycles. The molecule has 0 bridgehead atoms. The fraction of sp³-hybridized carbons (Fsp3) is 0.444. The molecule has 1 heterocycles. The minimum Gasteiger partial charge on any atom is -0.495 e. The average Bonchev–Trinajstić information content (AvgIpc) is 2.07. The van der Waals surface area contributed by atoms with E-state index in [1.165, 1.54) is 0 Å². The van der Waals surface area contributed by atoms with Crippen molar-refractivity contribution in [3.63, 3.8) is 0 Å². The zero-order chi connectivity index (χ0) is 9.84. The Morgan fingerprint density at radius 2 is 2.38 bits per heavy atom. The minimum absolute atomic E-state index is 0.400. The molecule has 1 rings (SSSR count). The Morgan fingerprint density at radius 3 is 2.92 bits per heavy atom. The SMILES string of the molecule is COc1cc(Br)cnc1CC(C)O. The Kier molecular flexibility index (Phi) is 3.69. The van der Waals surface area contributed by atoms with Crippen molar-refractivity contribution in [1.82, 2.24) is 4.98 Å². The summed E-state index contributed by atoms with van der Waals surface area (Å²) >= 11 is 3.30. The van der Waals surface area contributed by atoms with Crippen molar-refractivity contribution >= 4 is 15.9 Å². The first-order valence-electron chi connectivity index (χ1n) is 4.00. The summed E-state index contributed by atoms with van der Waals surface area (Å²) in [6, 6.07) is 1.84. The fourth-order valence-electron chi connectivity index (χ4n) is 1.06. The van der Waals surface area contributed by atoms with Crippen LogP contribution >= 0.6 is 15.9 Å². The quantitative estimate of drug-likeness (QED) is 0.883. The number of aromatic nitrogens is 1. The van der Waals surface area contributed by atoms with Gasteiger partial charge in [-0.05, 0) is 28.9 Å². The molecule has 0 fully saturated rings. The molecule has 0 saturated carbocycles. The molecular formula is C9H12BrNO2. The summed E-state index contributed by atoms with van der Waals surface area (Å²) in [5.41, 5.74) is 0.778. The summed E-state index contributed by atoms with van der Waals surface area (Å²) in [4.78, 5) is 4.16. The van der Waals surface area contributed by atoms with Gasteiger partial charge in [-0.15, -0.1) is 0 Å². The van der Waals surface area contributed by atoms with Gasteiger partial charge in [-0.25, -0.2) is 0 Å². The summed E-state index contributed by atoms with van der Waals surface area (Å²) in [5.74, 6) is 0.704. The monoisotopic (exact) mass is 245 g/mol. The van der Waals surface area contributed by atoms with Crippen LogP contribution in [0.1, 0.15) is 12.6 Å². The van der Waals surface area contributed by atoms with E-state index in [9.17, 15) is 5.11 Å². The second kappa shape index (κ2) is 4.58. The molecule has 1 aromatic rings. The smallest absolute Gasteiger partial charge is 0.141 e. The Hall–Kier alpha value is -0.610. The van der Waals surface area contributed by atoms with E-state index >= 15 is 0 Å². The Balaban J connectivity index is 2.92. The largest absolute Gasteiger partial charge is 0.495 e. The third kappa shape index (κ3) is 2.97. The molecule has 0 aliphatic heterocycles. The third-order valence-electron chi connectivity index (χ3n) is 1.61. The van der Waals surface area contributed by atoms with Gasteiger partial charge in [0.25, 0.3) is 0 Å². The van der Waals surface area contributed by atoms with Crippen LogP contribution in [-0.4, -0.2) is 23.3 Å². The second-order valence-electron chi connectivity index (χ2n) is 2.86. The third-order valence-corrected chi connectivity index (χ3v) is 2.04. The minimum atomic E-state index is -0.400. The number of rotatable bonds is 3. The molecule has 1 unspecified atom stereocenters. The zero-order valence-electron chi connectivity index (χ0n) is 7.62. The highest BCUT2D eigenvalue weighted by atomic mass is 79.9. The van der Waals surface area contributed by atoms with E-state index in [0.29, 0.717) is 12.2 Å². The molecule has 1 atom stereocenters. The van der Waals surface area contributed by atoms with E-state index in [-0.39, 0.29) is 0 Å². The number of halogens is 1. The molecule has 3 nitrogen and oxygen atoms in total. The van der Waals surface area contributed by atoms with Crippen molar-refractivity contribution in [3.8, 4) is 5.75 Å². The first-order valence-corrected chi connectivity index (χ1v) is 4.79. The predicted molar refractivity (Wildman–Crippen MR) is 53.9 cm³/mol. The van der Waals surface area contributed by atoms with E-state index in [4.69, 9.17) is 4.74 Å². The van der Waals surface area contributed by atoms with Crippen molar-refractivity contribution in [3.05, 3.63) is 22.4 Å². The Labute approximate surface area is 85.9 Å². The van der Waals surface area contributed by atoms with Crippen LogP contribution in [0, 0.1) is 0 Å². The summed E-state index contributed by atoms with van der Waals surface area (Å²) in [5, 5.41) is 9.19. The summed E-state index contributed by atoms with van der Waals surface area (Å²) < 4.78 is 6.00. The molecule has 1 aromatic heterocycles. The summed E-state index contributed by atoms with van der Waals surface area (Å²) in [7, 11) is 1.59. The van der Waals surface area contributed by atoms with Gasteiger partial charge in [-0.1, -0.05) is 0 Å². The van der Waals surface area contributed by atoms with Crippen LogP contribution in [0.3, 0.4) is 0 Å². The van der Waals surface area contributed by atoms with Crippen molar-refractivity contribution < 1.29 is 9.84 Å². The van der Waals surface area contributed by atoms with Crippen LogP contribution in [0.25, 0.3) is 0 Å². The van der Waals surface area contributed by atoms with Gasteiger partial charge >= 0.3 is 0 Å². The molecule has 0 spiro atoms. The van der Waals surface area contributed by atoms with Gasteiger partial charge in [-0.3, -0.25) is 4.98 Å². The first-order chi connectivity index (χ1) is 6.13. The molecule has 13 heavy (non-hydrogen) atoms. The normalized spacial score (nSPS) is 12.6. The molecule has 0 radical (unpaired) electrons. The lowest BCUT2D eigenvalue weighted by Gasteiger charge is -2.08. The molecule has 0 aliphatic carbocycles. The van der Waals surface area contributed by atoms with Crippen LogP contribution in [0.15, 0.2) is 16.7 Å². The highest BCUT2D eigenvalue weighted by Crippen LogP contribution is 2.21. The number of methoxy groups -OCH3 is 1. The van der Waals surface area contributed by atoms with E-state index in [0.717, 1.165) is 10.2 Å². The van der Waals surface area contributed by atoms with E-state index in [1.807, 2.05) is 6.07 Å². The van der Waals surface area contributed by atoms with E-state index in [2.05, 4.69) is 20.9 Å². The van der Waals surface area contributed by atoms with Crippen molar-refractivity contribution in [2.45, 2.75) is 19.4 Å². The number of ether oxygens (including phenoxy) is 1. The Morgan fingerprint density at radius 1 is 1.69 bits per heavy atom. The maximum Gasteiger partial charge on any atom is 0.141 e. The summed E-state index contributed by atoms with van der Waals surface area (Å²) in [6.07, 6.45) is 1.80. The maximum atomic E-state index is 9.19. The van der Waals surface area contributed by atoms with E-state index < -0.39 is 6.10 Å². The van der Waals surface area contributed by atoms with Crippen LogP contribution in [0.4, 0.5) is 0 Å². The Bertz CT molecular complexity index is 289. The lowest BCUT2D eigenvalue weighted by atomic mass is 10.2. The second-order valence-corrected chi connectivity index (χ2v) is 3.77. The predicted octanol–water partition coefficient (Wildman–Crippen LogP) is 1.78. The van der Waals surface area contributed by atoms with E-state index in [1.54, 1.807) is 20.2 Å². The fourth-order valence-corrected chi connectivity index (χ4v) is 1.37.